The first-order chi connectivity index (χ1) is 14.9. The van der Waals surface area contributed by atoms with Crippen molar-refractivity contribution in [2.24, 2.45) is 0 Å². The van der Waals surface area contributed by atoms with E-state index in [4.69, 9.17) is 0 Å². The molecule has 0 aliphatic heterocycles. The molecule has 0 bridgehead atoms. The first kappa shape index (κ1) is 22.6. The van der Waals surface area contributed by atoms with Crippen LogP contribution in [0.2, 0.25) is 0 Å². The minimum Gasteiger partial charge on any atom is -0.352 e. The Bertz CT molecular complexity index is 1100. The number of nitrogens with one attached hydrogen (secondary N) is 3. The van der Waals surface area contributed by atoms with Gasteiger partial charge < -0.3 is 10.6 Å². The van der Waals surface area contributed by atoms with Gasteiger partial charge in [0.2, 0.25) is 15.9 Å². The maximum Gasteiger partial charge on any atom is 0.251 e. The molecule has 10 heteroatoms. The Morgan fingerprint density at radius 1 is 0.935 bits per heavy atom. The lowest BCUT2D eigenvalue weighted by molar-refractivity contribution is -0.121. The number of thiophene rings is 1. The Kier molecular flexibility index (Phi) is 7.88. The molecule has 8 nitrogen and oxygen atoms in total. The molecular formula is C21H22N4O4S2. The molecular weight excluding hydrogens is 436 g/mol. The number of pyridine rings is 1. The number of sulfonamides is 1. The first-order valence-corrected chi connectivity index (χ1v) is 11.9. The van der Waals surface area contributed by atoms with Crippen LogP contribution >= 0.6 is 11.3 Å². The highest BCUT2D eigenvalue weighted by atomic mass is 32.2. The molecule has 0 fully saturated rings. The third kappa shape index (κ3) is 6.99. The summed E-state index contributed by atoms with van der Waals surface area (Å²) in [5.41, 5.74) is 1.25. The Balaban J connectivity index is 1.43. The molecule has 0 radical (unpaired) electrons. The van der Waals surface area contributed by atoms with E-state index in [0.717, 1.165) is 10.4 Å². The lowest BCUT2D eigenvalue weighted by Crippen LogP contribution is -2.30. The number of hydrogen-bond donors (Lipinski definition) is 3. The van der Waals surface area contributed by atoms with Crippen molar-refractivity contribution in [3.63, 3.8) is 0 Å². The van der Waals surface area contributed by atoms with E-state index in [-0.39, 0.29) is 36.2 Å². The average molecular weight is 459 g/mol. The van der Waals surface area contributed by atoms with Gasteiger partial charge in [-0.3, -0.25) is 14.6 Å². The van der Waals surface area contributed by atoms with Crippen LogP contribution in [-0.4, -0.2) is 31.8 Å². The summed E-state index contributed by atoms with van der Waals surface area (Å²) in [5.74, 6) is -0.562. The van der Waals surface area contributed by atoms with Gasteiger partial charge >= 0.3 is 0 Å². The number of carbonyl (C=O) groups excluding carboxylic acids is 2. The Morgan fingerprint density at radius 2 is 1.68 bits per heavy atom. The van der Waals surface area contributed by atoms with Gasteiger partial charge in [-0.25, -0.2) is 13.1 Å². The normalized spacial score (nSPS) is 11.1. The molecule has 0 aliphatic rings. The molecule has 0 atom stereocenters. The summed E-state index contributed by atoms with van der Waals surface area (Å²) in [4.78, 5) is 29.0. The minimum absolute atomic E-state index is 0.0797. The highest BCUT2D eigenvalue weighted by Crippen LogP contribution is 2.13. The summed E-state index contributed by atoms with van der Waals surface area (Å²) in [7, 11) is -3.67. The highest BCUT2D eigenvalue weighted by molar-refractivity contribution is 7.89. The molecule has 3 rings (SSSR count). The van der Waals surface area contributed by atoms with E-state index >= 15 is 0 Å². The summed E-state index contributed by atoms with van der Waals surface area (Å²) in [6.07, 6.45) is 3.44. The van der Waals surface area contributed by atoms with Gasteiger partial charge in [0.1, 0.15) is 0 Å². The fraction of sp³-hybridized carbons (Fsp3) is 0.190. The lowest BCUT2D eigenvalue weighted by Gasteiger charge is -2.08. The van der Waals surface area contributed by atoms with Gasteiger partial charge in [0, 0.05) is 48.9 Å². The number of carbonyl (C=O) groups is 2. The molecule has 3 aromatic rings. The van der Waals surface area contributed by atoms with Crippen LogP contribution in [0.1, 0.15) is 27.2 Å². The first-order valence-electron chi connectivity index (χ1n) is 9.50. The fourth-order valence-electron chi connectivity index (χ4n) is 2.63. The van der Waals surface area contributed by atoms with Crippen molar-refractivity contribution in [3.8, 4) is 0 Å². The van der Waals surface area contributed by atoms with Crippen LogP contribution in [0.4, 0.5) is 0 Å². The van der Waals surface area contributed by atoms with E-state index in [0.29, 0.717) is 12.1 Å². The number of aromatic nitrogens is 1. The topological polar surface area (TPSA) is 117 Å². The molecule has 3 N–H and O–H groups in total. The van der Waals surface area contributed by atoms with E-state index in [1.807, 2.05) is 29.6 Å². The van der Waals surface area contributed by atoms with Crippen LogP contribution < -0.4 is 15.4 Å². The average Bonchev–Trinajstić information content (AvgIpc) is 3.31. The standard InChI is InChI=1S/C21H22N4O4S2/c26-20(24-14-16-7-10-22-11-8-16)9-12-23-21(27)17-3-5-19(6-4-17)31(28,29)25-15-18-2-1-13-30-18/h1-8,10-11,13,25H,9,12,14-15H2,(H,23,27)(H,24,26). The van der Waals surface area contributed by atoms with Crippen LogP contribution in [0.3, 0.4) is 0 Å². The predicted molar refractivity (Wildman–Crippen MR) is 118 cm³/mol. The summed E-state index contributed by atoms with van der Waals surface area (Å²) < 4.78 is 27.3. The van der Waals surface area contributed by atoms with Gasteiger partial charge in [-0.1, -0.05) is 6.07 Å². The molecule has 2 aromatic heterocycles. The second kappa shape index (κ2) is 10.8. The number of hydrogen-bond acceptors (Lipinski definition) is 6. The van der Waals surface area contributed by atoms with Crippen molar-refractivity contribution in [2.75, 3.05) is 6.54 Å². The van der Waals surface area contributed by atoms with Crippen LogP contribution in [-0.2, 0) is 27.9 Å². The molecule has 1 aromatic carbocycles. The Morgan fingerprint density at radius 3 is 2.35 bits per heavy atom. The van der Waals surface area contributed by atoms with Gasteiger partial charge in [-0.2, -0.15) is 0 Å². The second-order valence-corrected chi connectivity index (χ2v) is 9.37. The van der Waals surface area contributed by atoms with Crippen LogP contribution in [0.15, 0.2) is 71.2 Å². The number of benzene rings is 1. The minimum atomic E-state index is -3.67. The van der Waals surface area contributed by atoms with Gasteiger partial charge in [-0.05, 0) is 53.4 Å². The van der Waals surface area contributed by atoms with Crippen molar-refractivity contribution in [3.05, 3.63) is 82.3 Å². The Labute approximate surface area is 184 Å². The van der Waals surface area contributed by atoms with Crippen molar-refractivity contribution in [1.29, 1.82) is 0 Å². The quantitative estimate of drug-likeness (QED) is 0.430. The van der Waals surface area contributed by atoms with E-state index < -0.39 is 10.0 Å². The molecule has 162 valence electrons. The SMILES string of the molecule is O=C(CCNC(=O)c1ccc(S(=O)(=O)NCc2cccs2)cc1)NCc1ccncc1. The zero-order valence-electron chi connectivity index (χ0n) is 16.6. The fourth-order valence-corrected chi connectivity index (χ4v) is 4.37. The van der Waals surface area contributed by atoms with Gasteiger partial charge in [0.05, 0.1) is 4.90 Å². The monoisotopic (exact) mass is 458 g/mol. The molecule has 31 heavy (non-hydrogen) atoms. The van der Waals surface area contributed by atoms with Gasteiger partial charge in [-0.15, -0.1) is 11.3 Å². The van der Waals surface area contributed by atoms with Crippen molar-refractivity contribution in [2.45, 2.75) is 24.4 Å². The smallest absolute Gasteiger partial charge is 0.251 e. The summed E-state index contributed by atoms with van der Waals surface area (Å²) in [6, 6.07) is 13.0. The number of nitrogens with zero attached hydrogens (tertiary/aromatic N) is 1. The second-order valence-electron chi connectivity index (χ2n) is 6.57. The van der Waals surface area contributed by atoms with Crippen LogP contribution in [0.5, 0.6) is 0 Å². The van der Waals surface area contributed by atoms with E-state index in [2.05, 4.69) is 20.3 Å². The summed E-state index contributed by atoms with van der Waals surface area (Å²) in [6.45, 7) is 0.778. The van der Waals surface area contributed by atoms with Crippen LogP contribution in [0.25, 0.3) is 0 Å². The van der Waals surface area contributed by atoms with Gasteiger partial charge in [0.15, 0.2) is 0 Å². The van der Waals surface area contributed by atoms with Crippen molar-refractivity contribution >= 4 is 33.2 Å². The molecule has 2 amide bonds. The molecule has 0 saturated heterocycles. The maximum absolute atomic E-state index is 12.4. The third-order valence-electron chi connectivity index (χ3n) is 4.32. The zero-order valence-corrected chi connectivity index (χ0v) is 18.2. The number of amides is 2. The van der Waals surface area contributed by atoms with E-state index in [9.17, 15) is 18.0 Å². The number of rotatable bonds is 10. The predicted octanol–water partition coefficient (Wildman–Crippen LogP) is 2.06. The van der Waals surface area contributed by atoms with E-state index in [1.54, 1.807) is 12.4 Å². The molecule has 0 unspecified atom stereocenters. The van der Waals surface area contributed by atoms with Crippen LogP contribution in [0, 0.1) is 0 Å². The van der Waals surface area contributed by atoms with Crippen molar-refractivity contribution in [1.82, 2.24) is 20.3 Å². The molecule has 0 saturated carbocycles. The molecule has 2 heterocycles. The molecule has 0 aliphatic carbocycles. The van der Waals surface area contributed by atoms with Gasteiger partial charge in [0.25, 0.3) is 5.91 Å². The van der Waals surface area contributed by atoms with Crippen molar-refractivity contribution < 1.29 is 18.0 Å². The Hall–Kier alpha value is -3.08. The largest absolute Gasteiger partial charge is 0.352 e. The summed E-state index contributed by atoms with van der Waals surface area (Å²) in [5, 5.41) is 7.30. The highest BCUT2D eigenvalue weighted by Gasteiger charge is 2.15. The zero-order chi connectivity index (χ0) is 22.1. The maximum atomic E-state index is 12.4. The lowest BCUT2D eigenvalue weighted by atomic mass is 10.2. The van der Waals surface area contributed by atoms with E-state index in [1.165, 1.54) is 35.6 Å². The third-order valence-corrected chi connectivity index (χ3v) is 6.61. The summed E-state index contributed by atoms with van der Waals surface area (Å²) >= 11 is 1.47. The molecule has 0 spiro atoms.